The van der Waals surface area contributed by atoms with Crippen molar-refractivity contribution in [3.63, 3.8) is 0 Å². The lowest BCUT2D eigenvalue weighted by molar-refractivity contribution is -0.143. The summed E-state index contributed by atoms with van der Waals surface area (Å²) in [6, 6.07) is 19.0. The van der Waals surface area contributed by atoms with E-state index in [2.05, 4.69) is 21.2 Å². The molecule has 196 valence electrons. The van der Waals surface area contributed by atoms with Crippen LogP contribution in [0.15, 0.2) is 71.2 Å². The minimum Gasteiger partial charge on any atom is -0.482 e. The van der Waals surface area contributed by atoms with Crippen LogP contribution in [0.2, 0.25) is 15.1 Å². The first-order chi connectivity index (χ1) is 17.7. The summed E-state index contributed by atoms with van der Waals surface area (Å²) >= 11 is 22.0. The van der Waals surface area contributed by atoms with Gasteiger partial charge in [0, 0.05) is 23.5 Å². The van der Waals surface area contributed by atoms with Gasteiger partial charge in [0.25, 0.3) is 5.91 Å². The Bertz CT molecular complexity index is 1230. The number of rotatable bonds is 11. The van der Waals surface area contributed by atoms with Crippen molar-refractivity contribution in [3.8, 4) is 5.75 Å². The zero-order valence-corrected chi connectivity index (χ0v) is 24.4. The SMILES string of the molecule is CCC(C)NC(=O)C(Cc1ccccc1)N(Cc1ccc(Cl)c(Cl)c1)C(=O)COc1ccc(Br)cc1Cl. The Morgan fingerprint density at radius 2 is 1.68 bits per heavy atom. The third kappa shape index (κ3) is 8.64. The summed E-state index contributed by atoms with van der Waals surface area (Å²) in [5.41, 5.74) is 1.66. The molecule has 0 aliphatic rings. The fraction of sp³-hybridized carbons (Fsp3) is 0.286. The summed E-state index contributed by atoms with van der Waals surface area (Å²) < 4.78 is 6.57. The van der Waals surface area contributed by atoms with Crippen molar-refractivity contribution < 1.29 is 14.3 Å². The Morgan fingerprint density at radius 3 is 2.32 bits per heavy atom. The first-order valence-electron chi connectivity index (χ1n) is 11.8. The van der Waals surface area contributed by atoms with Gasteiger partial charge in [-0.05, 0) is 54.8 Å². The number of nitrogens with one attached hydrogen (secondary N) is 1. The van der Waals surface area contributed by atoms with Crippen LogP contribution in [0.5, 0.6) is 5.75 Å². The second kappa shape index (κ2) is 14.1. The number of hydrogen-bond acceptors (Lipinski definition) is 3. The summed E-state index contributed by atoms with van der Waals surface area (Å²) in [7, 11) is 0. The molecular formula is C28H28BrCl3N2O3. The number of amides is 2. The quantitative estimate of drug-likeness (QED) is 0.242. The Balaban J connectivity index is 1.94. The number of carbonyl (C=O) groups excluding carboxylic acids is 2. The van der Waals surface area contributed by atoms with Gasteiger partial charge >= 0.3 is 0 Å². The molecule has 3 aromatic rings. The van der Waals surface area contributed by atoms with Gasteiger partial charge < -0.3 is 15.0 Å². The normalized spacial score (nSPS) is 12.5. The summed E-state index contributed by atoms with van der Waals surface area (Å²) in [5, 5.41) is 4.18. The molecule has 0 radical (unpaired) electrons. The zero-order valence-electron chi connectivity index (χ0n) is 20.5. The Kier molecular flexibility index (Phi) is 11.1. The van der Waals surface area contributed by atoms with Crippen LogP contribution in [0.3, 0.4) is 0 Å². The van der Waals surface area contributed by atoms with Crippen LogP contribution >= 0.6 is 50.7 Å². The van der Waals surface area contributed by atoms with E-state index >= 15 is 0 Å². The number of ether oxygens (including phenoxy) is 1. The molecule has 0 aliphatic heterocycles. The van der Waals surface area contributed by atoms with Gasteiger partial charge in [-0.25, -0.2) is 0 Å². The minimum absolute atomic E-state index is 0.0504. The lowest BCUT2D eigenvalue weighted by Crippen LogP contribution is -2.53. The predicted octanol–water partition coefficient (Wildman–Crippen LogP) is 7.34. The van der Waals surface area contributed by atoms with Crippen LogP contribution in [-0.4, -0.2) is 35.4 Å². The maximum Gasteiger partial charge on any atom is 0.261 e. The third-order valence-electron chi connectivity index (χ3n) is 5.85. The topological polar surface area (TPSA) is 58.6 Å². The second-order valence-electron chi connectivity index (χ2n) is 8.66. The maximum absolute atomic E-state index is 13.7. The average molecular weight is 627 g/mol. The van der Waals surface area contributed by atoms with E-state index in [1.807, 2.05) is 44.2 Å². The smallest absolute Gasteiger partial charge is 0.261 e. The zero-order chi connectivity index (χ0) is 26.9. The van der Waals surface area contributed by atoms with Gasteiger partial charge in [0.05, 0.1) is 15.1 Å². The molecule has 0 aromatic heterocycles. The fourth-order valence-corrected chi connectivity index (χ4v) is 4.69. The van der Waals surface area contributed by atoms with Gasteiger partial charge in [0.2, 0.25) is 5.91 Å². The van der Waals surface area contributed by atoms with Gasteiger partial charge in [0.1, 0.15) is 11.8 Å². The molecule has 9 heteroatoms. The molecule has 5 nitrogen and oxygen atoms in total. The number of benzene rings is 3. The summed E-state index contributed by atoms with van der Waals surface area (Å²) in [4.78, 5) is 28.7. The van der Waals surface area contributed by atoms with Gasteiger partial charge in [-0.1, -0.05) is 94.1 Å². The summed E-state index contributed by atoms with van der Waals surface area (Å²) in [5.74, 6) is -0.241. The summed E-state index contributed by atoms with van der Waals surface area (Å²) in [6.45, 7) is 3.76. The van der Waals surface area contributed by atoms with E-state index in [9.17, 15) is 9.59 Å². The molecule has 2 atom stereocenters. The van der Waals surface area contributed by atoms with Crippen molar-refractivity contribution in [1.82, 2.24) is 10.2 Å². The van der Waals surface area contributed by atoms with E-state index in [1.165, 1.54) is 4.90 Å². The van der Waals surface area contributed by atoms with E-state index in [0.29, 0.717) is 27.2 Å². The van der Waals surface area contributed by atoms with Gasteiger partial charge in [-0.2, -0.15) is 0 Å². The standard InChI is InChI=1S/C28H28BrCl3N2O3/c1-3-18(2)33-28(36)25(14-19-7-5-4-6-8-19)34(16-20-9-11-22(30)23(31)13-20)27(35)17-37-26-12-10-21(29)15-24(26)32/h4-13,15,18,25H,3,14,16-17H2,1-2H3,(H,33,36). The molecule has 2 amide bonds. The van der Waals surface area contributed by atoms with Crippen LogP contribution in [-0.2, 0) is 22.6 Å². The Labute approximate surface area is 241 Å². The molecule has 3 rings (SSSR count). The van der Waals surface area contributed by atoms with Crippen LogP contribution in [0, 0.1) is 0 Å². The highest BCUT2D eigenvalue weighted by atomic mass is 79.9. The van der Waals surface area contributed by atoms with Crippen LogP contribution in [0.1, 0.15) is 31.4 Å². The largest absolute Gasteiger partial charge is 0.482 e. The first-order valence-corrected chi connectivity index (χ1v) is 13.8. The molecule has 0 fully saturated rings. The Morgan fingerprint density at radius 1 is 0.946 bits per heavy atom. The highest BCUT2D eigenvalue weighted by Gasteiger charge is 2.31. The van der Waals surface area contributed by atoms with Gasteiger partial charge in [-0.3, -0.25) is 9.59 Å². The van der Waals surface area contributed by atoms with Crippen molar-refractivity contribution in [2.24, 2.45) is 0 Å². The van der Waals surface area contributed by atoms with Crippen molar-refractivity contribution in [1.29, 1.82) is 0 Å². The number of halogens is 4. The monoisotopic (exact) mass is 624 g/mol. The predicted molar refractivity (Wildman–Crippen MR) is 153 cm³/mol. The molecule has 0 spiro atoms. The fourth-order valence-electron chi connectivity index (χ4n) is 3.64. The van der Waals surface area contributed by atoms with Crippen molar-refractivity contribution in [2.75, 3.05) is 6.61 Å². The minimum atomic E-state index is -0.789. The van der Waals surface area contributed by atoms with Crippen LogP contribution < -0.4 is 10.1 Å². The molecule has 1 N–H and O–H groups in total. The lowest BCUT2D eigenvalue weighted by Gasteiger charge is -2.32. The molecule has 0 heterocycles. The van der Waals surface area contributed by atoms with E-state index in [0.717, 1.165) is 22.0 Å². The molecular weight excluding hydrogens is 599 g/mol. The van der Waals surface area contributed by atoms with Crippen molar-refractivity contribution >= 4 is 62.5 Å². The molecule has 0 saturated carbocycles. The highest BCUT2D eigenvalue weighted by molar-refractivity contribution is 9.10. The van der Waals surface area contributed by atoms with Crippen molar-refractivity contribution in [3.05, 3.63) is 97.4 Å². The van der Waals surface area contributed by atoms with E-state index < -0.39 is 6.04 Å². The molecule has 0 aliphatic carbocycles. The lowest BCUT2D eigenvalue weighted by atomic mass is 10.0. The molecule has 2 unspecified atom stereocenters. The van der Waals surface area contributed by atoms with E-state index in [1.54, 1.807) is 36.4 Å². The molecule has 0 bridgehead atoms. The third-order valence-corrected chi connectivity index (χ3v) is 7.38. The van der Waals surface area contributed by atoms with E-state index in [4.69, 9.17) is 39.5 Å². The number of hydrogen-bond donors (Lipinski definition) is 1. The van der Waals surface area contributed by atoms with Gasteiger partial charge in [0.15, 0.2) is 6.61 Å². The van der Waals surface area contributed by atoms with Gasteiger partial charge in [-0.15, -0.1) is 0 Å². The Hall–Kier alpha value is -2.25. The van der Waals surface area contributed by atoms with Crippen LogP contribution in [0.25, 0.3) is 0 Å². The number of nitrogens with zero attached hydrogens (tertiary/aromatic N) is 1. The summed E-state index contributed by atoms with van der Waals surface area (Å²) in [6.07, 6.45) is 1.09. The van der Waals surface area contributed by atoms with Crippen molar-refractivity contribution in [2.45, 2.75) is 45.3 Å². The average Bonchev–Trinajstić information content (AvgIpc) is 2.88. The molecule has 0 saturated heterocycles. The van der Waals surface area contributed by atoms with Crippen LogP contribution in [0.4, 0.5) is 0 Å². The first kappa shape index (κ1) is 29.3. The molecule has 3 aromatic carbocycles. The number of carbonyl (C=O) groups is 2. The second-order valence-corrected chi connectivity index (χ2v) is 10.8. The maximum atomic E-state index is 13.7. The highest BCUT2D eigenvalue weighted by Crippen LogP contribution is 2.28. The molecule has 37 heavy (non-hydrogen) atoms. The van der Waals surface area contributed by atoms with E-state index in [-0.39, 0.29) is 31.0 Å².